The molecule has 120 valence electrons. The van der Waals surface area contributed by atoms with Crippen molar-refractivity contribution in [2.75, 3.05) is 32.7 Å². The third kappa shape index (κ3) is 4.59. The molecule has 1 aliphatic heterocycles. The summed E-state index contributed by atoms with van der Waals surface area (Å²) in [5.74, 6) is 0.904. The molecule has 1 aromatic carbocycles. The molecule has 3 nitrogen and oxygen atoms in total. The summed E-state index contributed by atoms with van der Waals surface area (Å²) in [6.07, 6.45) is 11.1. The maximum Gasteiger partial charge on any atom is 0.126 e. The van der Waals surface area contributed by atoms with E-state index in [2.05, 4.69) is 15.9 Å². The maximum absolute atomic E-state index is 5.60. The molecule has 2 aliphatic rings. The van der Waals surface area contributed by atoms with Crippen LogP contribution in [0, 0.1) is 0 Å². The maximum atomic E-state index is 5.60. The van der Waals surface area contributed by atoms with E-state index in [1.54, 1.807) is 0 Å². The molecule has 0 N–H and O–H groups in total. The van der Waals surface area contributed by atoms with Gasteiger partial charge < -0.3 is 4.74 Å². The van der Waals surface area contributed by atoms with Crippen LogP contribution in [-0.4, -0.2) is 48.6 Å². The lowest BCUT2D eigenvalue weighted by atomic mass is 9.94. The second kappa shape index (κ2) is 8.35. The molecule has 1 saturated carbocycles. The first kappa shape index (κ1) is 15.6. The Morgan fingerprint density at radius 1 is 0.955 bits per heavy atom. The topological polar surface area (TPSA) is 15.7 Å². The number of para-hydroxylation sites is 1. The van der Waals surface area contributed by atoms with Crippen molar-refractivity contribution in [1.29, 1.82) is 0 Å². The van der Waals surface area contributed by atoms with Crippen LogP contribution in [0.1, 0.15) is 32.1 Å². The summed E-state index contributed by atoms with van der Waals surface area (Å²) in [6, 6.07) is 10.8. The summed E-state index contributed by atoms with van der Waals surface area (Å²) in [6.45, 7) is 5.83. The quantitative estimate of drug-likeness (QED) is 0.774. The van der Waals surface area contributed by atoms with Gasteiger partial charge in [-0.3, -0.25) is 9.80 Å². The van der Waals surface area contributed by atoms with E-state index in [0.29, 0.717) is 0 Å². The van der Waals surface area contributed by atoms with Crippen molar-refractivity contribution in [2.45, 2.75) is 38.1 Å². The van der Waals surface area contributed by atoms with Crippen molar-refractivity contribution >= 4 is 0 Å². The summed E-state index contributed by atoms with van der Waals surface area (Å²) < 4.78 is 5.60. The third-order valence-corrected chi connectivity index (χ3v) is 4.91. The Bertz CT molecular complexity index is 446. The van der Waals surface area contributed by atoms with Crippen molar-refractivity contribution in [3.05, 3.63) is 42.7 Å². The van der Waals surface area contributed by atoms with Gasteiger partial charge in [-0.1, -0.05) is 37.5 Å². The van der Waals surface area contributed by atoms with E-state index in [9.17, 15) is 0 Å². The van der Waals surface area contributed by atoms with Crippen LogP contribution >= 0.6 is 0 Å². The average Bonchev–Trinajstić information content (AvgIpc) is 2.61. The number of piperazine rings is 1. The fourth-order valence-electron chi connectivity index (χ4n) is 3.58. The molecule has 22 heavy (non-hydrogen) atoms. The average molecular weight is 300 g/mol. The number of rotatable bonds is 5. The predicted octanol–water partition coefficient (Wildman–Crippen LogP) is 3.53. The smallest absolute Gasteiger partial charge is 0.126 e. The van der Waals surface area contributed by atoms with Gasteiger partial charge in [0.05, 0.1) is 6.26 Å². The zero-order valence-electron chi connectivity index (χ0n) is 13.5. The molecule has 0 aromatic heterocycles. The van der Waals surface area contributed by atoms with Gasteiger partial charge in [-0.25, -0.2) is 0 Å². The lowest BCUT2D eigenvalue weighted by Gasteiger charge is -2.40. The standard InChI is InChI=1S/C19H28N2O/c1-3-8-18(9-4-1)21-15-13-20(14-16-21)12-7-17-22-19-10-5-2-6-11-19/h2,5-7,10-11,17-18H,1,3-4,8-9,12-16H2. The summed E-state index contributed by atoms with van der Waals surface area (Å²) in [5.41, 5.74) is 0. The Hall–Kier alpha value is -1.32. The lowest BCUT2D eigenvalue weighted by molar-refractivity contribution is 0.0845. The van der Waals surface area contributed by atoms with Crippen LogP contribution in [0.3, 0.4) is 0 Å². The van der Waals surface area contributed by atoms with Crippen molar-refractivity contribution in [1.82, 2.24) is 9.80 Å². The van der Waals surface area contributed by atoms with Crippen LogP contribution in [0.4, 0.5) is 0 Å². The minimum Gasteiger partial charge on any atom is -0.465 e. The highest BCUT2D eigenvalue weighted by Crippen LogP contribution is 2.23. The Morgan fingerprint density at radius 3 is 2.41 bits per heavy atom. The number of benzene rings is 1. The molecule has 1 saturated heterocycles. The molecule has 3 heteroatoms. The van der Waals surface area contributed by atoms with Crippen LogP contribution in [0.2, 0.25) is 0 Å². The second-order valence-corrected chi connectivity index (χ2v) is 6.43. The lowest BCUT2D eigenvalue weighted by Crippen LogP contribution is -2.50. The Morgan fingerprint density at radius 2 is 1.68 bits per heavy atom. The molecule has 0 unspecified atom stereocenters. The van der Waals surface area contributed by atoms with E-state index in [-0.39, 0.29) is 0 Å². The molecule has 0 bridgehead atoms. The van der Waals surface area contributed by atoms with Gasteiger partial charge >= 0.3 is 0 Å². The monoisotopic (exact) mass is 300 g/mol. The minimum absolute atomic E-state index is 0.868. The largest absolute Gasteiger partial charge is 0.465 e. The van der Waals surface area contributed by atoms with Crippen molar-refractivity contribution < 1.29 is 4.74 Å². The molecule has 0 amide bonds. The molecule has 1 aromatic rings. The normalized spacial score (nSPS) is 22.2. The van der Waals surface area contributed by atoms with Gasteiger partial charge in [0.2, 0.25) is 0 Å². The van der Waals surface area contributed by atoms with Crippen molar-refractivity contribution in [3.63, 3.8) is 0 Å². The van der Waals surface area contributed by atoms with E-state index >= 15 is 0 Å². The van der Waals surface area contributed by atoms with Crippen LogP contribution in [0.25, 0.3) is 0 Å². The highest BCUT2D eigenvalue weighted by molar-refractivity contribution is 5.21. The summed E-state index contributed by atoms with van der Waals surface area (Å²) >= 11 is 0. The van der Waals surface area contributed by atoms with Gasteiger partial charge in [0.1, 0.15) is 5.75 Å². The first-order valence-corrected chi connectivity index (χ1v) is 8.75. The van der Waals surface area contributed by atoms with Gasteiger partial charge in [0.15, 0.2) is 0 Å². The van der Waals surface area contributed by atoms with Crippen molar-refractivity contribution in [2.24, 2.45) is 0 Å². The van der Waals surface area contributed by atoms with E-state index in [4.69, 9.17) is 4.74 Å². The SMILES string of the molecule is C(=COc1ccccc1)CN1CCN(C2CCCCC2)CC1. The van der Waals surface area contributed by atoms with Gasteiger partial charge in [0.25, 0.3) is 0 Å². The van der Waals surface area contributed by atoms with E-state index in [1.165, 1.54) is 58.3 Å². The van der Waals surface area contributed by atoms with Crippen LogP contribution in [0.5, 0.6) is 5.75 Å². The molecular weight excluding hydrogens is 272 g/mol. The van der Waals surface area contributed by atoms with Gasteiger partial charge in [-0.05, 0) is 31.1 Å². The number of hydrogen-bond donors (Lipinski definition) is 0. The zero-order chi connectivity index (χ0) is 15.0. The van der Waals surface area contributed by atoms with Gasteiger partial charge in [-0.2, -0.15) is 0 Å². The number of ether oxygens (including phenoxy) is 1. The second-order valence-electron chi connectivity index (χ2n) is 6.43. The summed E-state index contributed by atoms with van der Waals surface area (Å²) in [7, 11) is 0. The molecule has 1 heterocycles. The van der Waals surface area contributed by atoms with Gasteiger partial charge in [0, 0.05) is 38.8 Å². The van der Waals surface area contributed by atoms with Crippen LogP contribution in [0.15, 0.2) is 42.7 Å². The summed E-state index contributed by atoms with van der Waals surface area (Å²) in [5, 5.41) is 0. The van der Waals surface area contributed by atoms with E-state index in [0.717, 1.165) is 18.3 Å². The molecular formula is C19H28N2O. The molecule has 0 radical (unpaired) electrons. The molecule has 2 fully saturated rings. The van der Waals surface area contributed by atoms with Crippen LogP contribution < -0.4 is 4.74 Å². The van der Waals surface area contributed by atoms with Crippen molar-refractivity contribution in [3.8, 4) is 5.75 Å². The van der Waals surface area contributed by atoms with E-state index in [1.807, 2.05) is 36.6 Å². The summed E-state index contributed by atoms with van der Waals surface area (Å²) in [4.78, 5) is 5.24. The highest BCUT2D eigenvalue weighted by Gasteiger charge is 2.24. The first-order valence-electron chi connectivity index (χ1n) is 8.75. The molecule has 0 atom stereocenters. The third-order valence-electron chi connectivity index (χ3n) is 4.91. The zero-order valence-corrected chi connectivity index (χ0v) is 13.5. The Kier molecular flexibility index (Phi) is 5.91. The minimum atomic E-state index is 0.868. The van der Waals surface area contributed by atoms with E-state index < -0.39 is 0 Å². The van der Waals surface area contributed by atoms with Crippen LogP contribution in [-0.2, 0) is 0 Å². The highest BCUT2D eigenvalue weighted by atomic mass is 16.5. The Balaban J connectivity index is 1.35. The fourth-order valence-corrected chi connectivity index (χ4v) is 3.58. The molecule has 3 rings (SSSR count). The predicted molar refractivity (Wildman–Crippen MR) is 91.1 cm³/mol. The number of hydrogen-bond acceptors (Lipinski definition) is 3. The first-order chi connectivity index (χ1) is 10.9. The molecule has 0 spiro atoms. The number of nitrogens with zero attached hydrogens (tertiary/aromatic N) is 2. The van der Waals surface area contributed by atoms with Gasteiger partial charge in [-0.15, -0.1) is 0 Å². The molecule has 1 aliphatic carbocycles. The Labute approximate surface area is 134 Å². The fraction of sp³-hybridized carbons (Fsp3) is 0.579.